The first-order chi connectivity index (χ1) is 10.2. The van der Waals surface area contributed by atoms with E-state index in [1.165, 1.54) is 11.3 Å². The van der Waals surface area contributed by atoms with Crippen LogP contribution in [0, 0.1) is 0 Å². The molecule has 1 heterocycles. The van der Waals surface area contributed by atoms with Gasteiger partial charge in [-0.15, -0.1) is 11.3 Å². The van der Waals surface area contributed by atoms with E-state index in [2.05, 4.69) is 15.5 Å². The smallest absolute Gasteiger partial charge is 0.225 e. The Kier molecular flexibility index (Phi) is 5.45. The van der Waals surface area contributed by atoms with Crippen LogP contribution in [-0.2, 0) is 16.2 Å². The number of oxime groups is 1. The number of hydrogen-bond donors (Lipinski definition) is 1. The maximum atomic E-state index is 11.3. The lowest BCUT2D eigenvalue weighted by Gasteiger charge is -2.01. The van der Waals surface area contributed by atoms with Gasteiger partial charge in [-0.2, -0.15) is 0 Å². The van der Waals surface area contributed by atoms with Crippen LogP contribution in [0.25, 0.3) is 0 Å². The van der Waals surface area contributed by atoms with Crippen molar-refractivity contribution in [2.24, 2.45) is 5.16 Å². The molecule has 0 aliphatic heterocycles. The van der Waals surface area contributed by atoms with Gasteiger partial charge in [0.1, 0.15) is 0 Å². The van der Waals surface area contributed by atoms with E-state index in [4.69, 9.17) is 4.84 Å². The van der Waals surface area contributed by atoms with Crippen molar-refractivity contribution < 1.29 is 9.63 Å². The van der Waals surface area contributed by atoms with Crippen LogP contribution in [0.2, 0.25) is 0 Å². The summed E-state index contributed by atoms with van der Waals surface area (Å²) in [6.07, 6.45) is 0.436. The van der Waals surface area contributed by atoms with Gasteiger partial charge in [0.25, 0.3) is 0 Å². The lowest BCUT2D eigenvalue weighted by atomic mass is 10.1. The van der Waals surface area contributed by atoms with Crippen LogP contribution < -0.4 is 5.32 Å². The minimum atomic E-state index is -0.0465. The maximum absolute atomic E-state index is 11.3. The fourth-order valence-corrected chi connectivity index (χ4v) is 2.28. The first-order valence-corrected chi connectivity index (χ1v) is 7.53. The normalized spacial score (nSPS) is 11.2. The molecule has 6 heteroatoms. The largest absolute Gasteiger partial charge is 0.389 e. The van der Waals surface area contributed by atoms with Crippen LogP contribution in [0.3, 0.4) is 0 Å². The van der Waals surface area contributed by atoms with E-state index in [-0.39, 0.29) is 12.5 Å². The molecule has 0 radical (unpaired) electrons. The summed E-state index contributed by atoms with van der Waals surface area (Å²) in [4.78, 5) is 20.8. The summed E-state index contributed by atoms with van der Waals surface area (Å²) in [5, 5.41) is 9.22. The molecule has 1 amide bonds. The first kappa shape index (κ1) is 15.2. The van der Waals surface area contributed by atoms with Crippen molar-refractivity contribution in [1.82, 2.24) is 4.98 Å². The van der Waals surface area contributed by atoms with Crippen LogP contribution in [0.1, 0.15) is 31.5 Å². The molecule has 0 aliphatic rings. The van der Waals surface area contributed by atoms with Crippen LogP contribution in [0.5, 0.6) is 0 Å². The predicted octanol–water partition coefficient (Wildman–Crippen LogP) is 3.43. The summed E-state index contributed by atoms with van der Waals surface area (Å²) in [5.74, 6) is -0.0465. The molecule has 2 aromatic rings. The molecule has 1 aromatic carbocycles. The van der Waals surface area contributed by atoms with Crippen LogP contribution in [0.15, 0.2) is 40.9 Å². The van der Waals surface area contributed by atoms with Crippen molar-refractivity contribution in [3.63, 3.8) is 0 Å². The van der Waals surface area contributed by atoms with Gasteiger partial charge in [-0.3, -0.25) is 4.79 Å². The second-order valence-electron chi connectivity index (χ2n) is 4.36. The highest BCUT2D eigenvalue weighted by atomic mass is 32.1. The van der Waals surface area contributed by atoms with E-state index in [9.17, 15) is 4.79 Å². The van der Waals surface area contributed by atoms with Gasteiger partial charge in [0.15, 0.2) is 11.7 Å². The average molecular weight is 303 g/mol. The minimum Gasteiger partial charge on any atom is -0.389 e. The zero-order valence-corrected chi connectivity index (χ0v) is 12.8. The van der Waals surface area contributed by atoms with Gasteiger partial charge in [0.2, 0.25) is 5.91 Å². The summed E-state index contributed by atoms with van der Waals surface area (Å²) in [6.45, 7) is 3.97. The second kappa shape index (κ2) is 7.54. The minimum absolute atomic E-state index is 0.0465. The number of hydrogen-bond acceptors (Lipinski definition) is 5. The van der Waals surface area contributed by atoms with Crippen molar-refractivity contribution >= 4 is 28.1 Å². The van der Waals surface area contributed by atoms with Crippen LogP contribution in [0.4, 0.5) is 5.13 Å². The Labute approximate surface area is 127 Å². The highest BCUT2D eigenvalue weighted by Crippen LogP contribution is 2.16. The molecule has 1 aromatic heterocycles. The third-order valence-corrected chi connectivity index (χ3v) is 3.53. The van der Waals surface area contributed by atoms with E-state index in [0.29, 0.717) is 11.6 Å². The predicted molar refractivity (Wildman–Crippen MR) is 84.5 cm³/mol. The molecule has 2 rings (SSSR count). The second-order valence-corrected chi connectivity index (χ2v) is 5.22. The maximum Gasteiger partial charge on any atom is 0.225 e. The molecule has 21 heavy (non-hydrogen) atoms. The molecule has 0 bridgehead atoms. The summed E-state index contributed by atoms with van der Waals surface area (Å²) in [5.41, 5.74) is 2.58. The Morgan fingerprint density at radius 2 is 2.14 bits per heavy atom. The number of rotatable bonds is 6. The van der Waals surface area contributed by atoms with Gasteiger partial charge in [-0.05, 0) is 12.5 Å². The molecule has 0 saturated carbocycles. The Hall–Kier alpha value is -2.21. The number of benzene rings is 1. The first-order valence-electron chi connectivity index (χ1n) is 6.65. The zero-order valence-electron chi connectivity index (χ0n) is 12.0. The molecule has 0 fully saturated rings. The number of nitrogens with zero attached hydrogens (tertiary/aromatic N) is 2. The van der Waals surface area contributed by atoms with Crippen molar-refractivity contribution in [3.8, 4) is 0 Å². The van der Waals surface area contributed by atoms with Crippen molar-refractivity contribution in [2.75, 3.05) is 5.32 Å². The number of aromatic nitrogens is 1. The molecule has 110 valence electrons. The van der Waals surface area contributed by atoms with Crippen molar-refractivity contribution in [2.45, 2.75) is 26.9 Å². The van der Waals surface area contributed by atoms with Gasteiger partial charge in [0.05, 0.1) is 11.4 Å². The lowest BCUT2D eigenvalue weighted by Crippen LogP contribution is -2.09. The van der Waals surface area contributed by atoms with Gasteiger partial charge in [0, 0.05) is 11.8 Å². The summed E-state index contributed by atoms with van der Waals surface area (Å²) < 4.78 is 0. The topological polar surface area (TPSA) is 63.6 Å². The zero-order chi connectivity index (χ0) is 15.1. The van der Waals surface area contributed by atoms with E-state index in [1.807, 2.05) is 42.6 Å². The number of amides is 1. The van der Waals surface area contributed by atoms with E-state index < -0.39 is 0 Å². The average Bonchev–Trinajstić information content (AvgIpc) is 2.95. The van der Waals surface area contributed by atoms with Crippen molar-refractivity contribution in [1.29, 1.82) is 0 Å². The van der Waals surface area contributed by atoms with Crippen LogP contribution >= 0.6 is 11.3 Å². The molecular weight excluding hydrogens is 286 g/mol. The number of carbonyl (C=O) groups is 1. The Balaban J connectivity index is 1.87. The number of anilines is 1. The summed E-state index contributed by atoms with van der Waals surface area (Å²) in [7, 11) is 0. The summed E-state index contributed by atoms with van der Waals surface area (Å²) >= 11 is 1.38. The number of thiazole rings is 1. The highest BCUT2D eigenvalue weighted by molar-refractivity contribution is 7.13. The fourth-order valence-electron chi connectivity index (χ4n) is 1.57. The van der Waals surface area contributed by atoms with Gasteiger partial charge in [-0.1, -0.05) is 42.4 Å². The molecule has 0 aliphatic carbocycles. The molecule has 1 N–H and O–H groups in total. The monoisotopic (exact) mass is 303 g/mol. The summed E-state index contributed by atoms with van der Waals surface area (Å²) in [6, 6.07) is 9.82. The lowest BCUT2D eigenvalue weighted by molar-refractivity contribution is -0.115. The van der Waals surface area contributed by atoms with E-state index in [0.717, 1.165) is 17.0 Å². The van der Waals surface area contributed by atoms with E-state index >= 15 is 0 Å². The molecule has 5 nitrogen and oxygen atoms in total. The Bertz CT molecular complexity index is 623. The van der Waals surface area contributed by atoms with E-state index in [1.54, 1.807) is 6.92 Å². The SMILES string of the molecule is CCC(=O)Nc1nc(CO/N=C(\C)c2ccccc2)cs1. The Morgan fingerprint density at radius 1 is 1.38 bits per heavy atom. The molecule has 0 unspecified atom stereocenters. The molecule has 0 spiro atoms. The van der Waals surface area contributed by atoms with Crippen LogP contribution in [-0.4, -0.2) is 16.6 Å². The number of nitrogens with one attached hydrogen (secondary N) is 1. The fraction of sp³-hybridized carbons (Fsp3) is 0.267. The quantitative estimate of drug-likeness (QED) is 0.657. The Morgan fingerprint density at radius 3 is 2.86 bits per heavy atom. The highest BCUT2D eigenvalue weighted by Gasteiger charge is 2.05. The van der Waals surface area contributed by atoms with Gasteiger partial charge >= 0.3 is 0 Å². The molecule has 0 saturated heterocycles. The van der Waals surface area contributed by atoms with Crippen molar-refractivity contribution in [3.05, 3.63) is 47.0 Å². The van der Waals surface area contributed by atoms with Gasteiger partial charge in [-0.25, -0.2) is 4.98 Å². The number of carbonyl (C=O) groups excluding carboxylic acids is 1. The molecular formula is C15H17N3O2S. The third kappa shape index (κ3) is 4.68. The molecule has 0 atom stereocenters. The third-order valence-electron chi connectivity index (χ3n) is 2.72. The standard InChI is InChI=1S/C15H17N3O2S/c1-3-14(19)17-15-16-13(10-21-15)9-20-18-11(2)12-7-5-4-6-8-12/h4-8,10H,3,9H2,1-2H3,(H,16,17,19)/b18-11+. The van der Waals surface area contributed by atoms with Gasteiger partial charge < -0.3 is 10.2 Å².